The summed E-state index contributed by atoms with van der Waals surface area (Å²) < 4.78 is 0. The summed E-state index contributed by atoms with van der Waals surface area (Å²) in [5.41, 5.74) is 3.79. The third-order valence-electron chi connectivity index (χ3n) is 3.65. The van der Waals surface area contributed by atoms with E-state index in [1.165, 1.54) is 11.3 Å². The van der Waals surface area contributed by atoms with E-state index in [-0.39, 0.29) is 6.10 Å². The van der Waals surface area contributed by atoms with Crippen LogP contribution in [-0.2, 0) is 6.42 Å². The fourth-order valence-electron chi connectivity index (χ4n) is 2.70. The highest BCUT2D eigenvalue weighted by molar-refractivity contribution is 5.53. The highest BCUT2D eigenvalue weighted by atomic mass is 16.3. The summed E-state index contributed by atoms with van der Waals surface area (Å²) in [7, 11) is 0. The Morgan fingerprint density at radius 2 is 2.06 bits per heavy atom. The van der Waals surface area contributed by atoms with E-state index in [2.05, 4.69) is 28.4 Å². The number of fused-ring (bicyclic) bond motifs is 1. The molecule has 16 heavy (non-hydrogen) atoms. The smallest absolute Gasteiger partial charge is 0.0795 e. The number of aryl methyl sites for hydroxylation is 1. The summed E-state index contributed by atoms with van der Waals surface area (Å²) >= 11 is 0. The number of aliphatic hydroxyl groups is 1. The normalized spacial score (nSPS) is 24.6. The molecule has 0 bridgehead atoms. The molecule has 1 atom stereocenters. The Morgan fingerprint density at radius 1 is 1.25 bits per heavy atom. The van der Waals surface area contributed by atoms with Crippen LogP contribution in [0.5, 0.6) is 0 Å². The summed E-state index contributed by atoms with van der Waals surface area (Å²) in [5, 5.41) is 13.1. The number of anilines is 1. The summed E-state index contributed by atoms with van der Waals surface area (Å²) in [6.45, 7) is 4.31. The molecule has 0 saturated carbocycles. The molecule has 1 fully saturated rings. The highest BCUT2D eigenvalue weighted by Gasteiger charge is 2.21. The molecular formula is C13H18N2O. The molecular weight excluding hydrogens is 200 g/mol. The zero-order chi connectivity index (χ0) is 11.0. The molecule has 0 aromatic heterocycles. The molecule has 3 rings (SSSR count). The molecule has 1 unspecified atom stereocenters. The van der Waals surface area contributed by atoms with Crippen LogP contribution in [0.4, 0.5) is 5.69 Å². The number of nitrogens with zero attached hydrogens (tertiary/aromatic N) is 1. The maximum atomic E-state index is 9.76. The fourth-order valence-corrected chi connectivity index (χ4v) is 2.70. The predicted molar refractivity (Wildman–Crippen MR) is 64.8 cm³/mol. The van der Waals surface area contributed by atoms with Gasteiger partial charge in [-0.15, -0.1) is 0 Å². The van der Waals surface area contributed by atoms with Crippen LogP contribution in [0.15, 0.2) is 18.2 Å². The van der Waals surface area contributed by atoms with Crippen LogP contribution in [0.3, 0.4) is 0 Å². The van der Waals surface area contributed by atoms with E-state index < -0.39 is 0 Å². The number of hydrogen-bond donors (Lipinski definition) is 2. The minimum atomic E-state index is -0.230. The molecule has 1 aliphatic carbocycles. The lowest BCUT2D eigenvalue weighted by molar-refractivity contribution is 0.180. The first kappa shape index (κ1) is 10.1. The number of aliphatic hydroxyl groups excluding tert-OH is 1. The summed E-state index contributed by atoms with van der Waals surface area (Å²) in [6.07, 6.45) is 1.68. The third-order valence-corrected chi connectivity index (χ3v) is 3.65. The fraction of sp³-hybridized carbons (Fsp3) is 0.538. The van der Waals surface area contributed by atoms with Crippen LogP contribution in [0, 0.1) is 0 Å². The van der Waals surface area contributed by atoms with Crippen molar-refractivity contribution >= 4 is 5.69 Å². The molecule has 0 radical (unpaired) electrons. The van der Waals surface area contributed by atoms with Gasteiger partial charge in [-0.3, -0.25) is 0 Å². The average molecular weight is 218 g/mol. The van der Waals surface area contributed by atoms with Gasteiger partial charge < -0.3 is 15.3 Å². The monoisotopic (exact) mass is 218 g/mol. The standard InChI is InChI=1S/C13H18N2O/c16-13-4-1-10-9-11(2-3-12(10)13)15-7-5-14-6-8-15/h2-3,9,13-14,16H,1,4-8H2. The average Bonchev–Trinajstić information content (AvgIpc) is 2.72. The number of benzene rings is 1. The van der Waals surface area contributed by atoms with Crippen LogP contribution in [0.1, 0.15) is 23.7 Å². The largest absolute Gasteiger partial charge is 0.388 e. The van der Waals surface area contributed by atoms with Crippen molar-refractivity contribution in [1.29, 1.82) is 0 Å². The maximum Gasteiger partial charge on any atom is 0.0795 e. The summed E-state index contributed by atoms with van der Waals surface area (Å²) in [6, 6.07) is 6.51. The Morgan fingerprint density at radius 3 is 2.88 bits per heavy atom. The van der Waals surface area contributed by atoms with E-state index in [1.54, 1.807) is 0 Å². The molecule has 1 aliphatic heterocycles. The lowest BCUT2D eigenvalue weighted by Gasteiger charge is -2.29. The first-order valence-corrected chi connectivity index (χ1v) is 6.11. The number of piperazine rings is 1. The van der Waals surface area contributed by atoms with Gasteiger partial charge in [0.1, 0.15) is 0 Å². The quantitative estimate of drug-likeness (QED) is 0.740. The van der Waals surface area contributed by atoms with Gasteiger partial charge in [0.05, 0.1) is 6.10 Å². The van der Waals surface area contributed by atoms with Crippen molar-refractivity contribution < 1.29 is 5.11 Å². The van der Waals surface area contributed by atoms with Gasteiger partial charge in [-0.1, -0.05) is 6.07 Å². The Balaban J connectivity index is 1.86. The minimum Gasteiger partial charge on any atom is -0.388 e. The van der Waals surface area contributed by atoms with Gasteiger partial charge in [-0.25, -0.2) is 0 Å². The van der Waals surface area contributed by atoms with Crippen LogP contribution in [-0.4, -0.2) is 31.3 Å². The molecule has 1 aromatic rings. The SMILES string of the molecule is OC1CCc2cc(N3CCNCC3)ccc21. The Kier molecular flexibility index (Phi) is 2.58. The van der Waals surface area contributed by atoms with Gasteiger partial charge in [-0.05, 0) is 36.1 Å². The second-order valence-electron chi connectivity index (χ2n) is 4.67. The van der Waals surface area contributed by atoms with Crippen LogP contribution in [0.25, 0.3) is 0 Å². The molecule has 3 heteroatoms. The molecule has 1 heterocycles. The van der Waals surface area contributed by atoms with Crippen LogP contribution < -0.4 is 10.2 Å². The van der Waals surface area contributed by atoms with Gasteiger partial charge >= 0.3 is 0 Å². The highest BCUT2D eigenvalue weighted by Crippen LogP contribution is 2.33. The van der Waals surface area contributed by atoms with Crippen molar-refractivity contribution in [1.82, 2.24) is 5.32 Å². The van der Waals surface area contributed by atoms with Crippen molar-refractivity contribution in [2.75, 3.05) is 31.1 Å². The Bertz CT molecular complexity index is 386. The van der Waals surface area contributed by atoms with Gasteiger partial charge in [0.25, 0.3) is 0 Å². The maximum absolute atomic E-state index is 9.76. The van der Waals surface area contributed by atoms with Crippen molar-refractivity contribution in [3.8, 4) is 0 Å². The van der Waals surface area contributed by atoms with Crippen molar-refractivity contribution in [2.45, 2.75) is 18.9 Å². The number of rotatable bonds is 1. The van der Waals surface area contributed by atoms with Gasteiger partial charge in [-0.2, -0.15) is 0 Å². The molecule has 1 aromatic carbocycles. The number of hydrogen-bond acceptors (Lipinski definition) is 3. The van der Waals surface area contributed by atoms with E-state index in [0.717, 1.165) is 44.6 Å². The first-order chi connectivity index (χ1) is 7.84. The number of nitrogens with one attached hydrogen (secondary N) is 1. The van der Waals surface area contributed by atoms with E-state index in [4.69, 9.17) is 0 Å². The van der Waals surface area contributed by atoms with Crippen molar-refractivity contribution in [2.24, 2.45) is 0 Å². The van der Waals surface area contributed by atoms with Gasteiger partial charge in [0.2, 0.25) is 0 Å². The molecule has 0 amide bonds. The lowest BCUT2D eigenvalue weighted by atomic mass is 10.1. The minimum absolute atomic E-state index is 0.230. The van der Waals surface area contributed by atoms with E-state index in [1.807, 2.05) is 0 Å². The van der Waals surface area contributed by atoms with Gasteiger partial charge in [0.15, 0.2) is 0 Å². The molecule has 0 spiro atoms. The van der Waals surface area contributed by atoms with Gasteiger partial charge in [0, 0.05) is 31.9 Å². The zero-order valence-electron chi connectivity index (χ0n) is 9.45. The van der Waals surface area contributed by atoms with Crippen molar-refractivity contribution in [3.63, 3.8) is 0 Å². The van der Waals surface area contributed by atoms with Crippen LogP contribution >= 0.6 is 0 Å². The topological polar surface area (TPSA) is 35.5 Å². The van der Waals surface area contributed by atoms with E-state index >= 15 is 0 Å². The Hall–Kier alpha value is -1.06. The second-order valence-corrected chi connectivity index (χ2v) is 4.67. The molecule has 3 nitrogen and oxygen atoms in total. The molecule has 86 valence electrons. The second kappa shape index (κ2) is 4.07. The molecule has 2 N–H and O–H groups in total. The third kappa shape index (κ3) is 1.70. The predicted octanol–water partition coefficient (Wildman–Crippen LogP) is 1.08. The molecule has 2 aliphatic rings. The van der Waals surface area contributed by atoms with E-state index in [0.29, 0.717) is 0 Å². The van der Waals surface area contributed by atoms with Crippen molar-refractivity contribution in [3.05, 3.63) is 29.3 Å². The zero-order valence-corrected chi connectivity index (χ0v) is 9.45. The summed E-state index contributed by atoms with van der Waals surface area (Å²) in [5.74, 6) is 0. The van der Waals surface area contributed by atoms with E-state index in [9.17, 15) is 5.11 Å². The molecule has 1 saturated heterocycles. The lowest BCUT2D eigenvalue weighted by Crippen LogP contribution is -2.43. The first-order valence-electron chi connectivity index (χ1n) is 6.11. The van der Waals surface area contributed by atoms with Crippen LogP contribution in [0.2, 0.25) is 0 Å². The summed E-state index contributed by atoms with van der Waals surface area (Å²) in [4.78, 5) is 2.42. The Labute approximate surface area is 96.1 Å².